The van der Waals surface area contributed by atoms with E-state index in [-0.39, 0.29) is 5.91 Å². The maximum absolute atomic E-state index is 11.7. The van der Waals surface area contributed by atoms with Gasteiger partial charge in [0.25, 0.3) is 5.91 Å². The fourth-order valence-electron chi connectivity index (χ4n) is 4.81. The number of thioether (sulfide) groups is 1. The van der Waals surface area contributed by atoms with E-state index in [1.165, 1.54) is 50.1 Å². The highest BCUT2D eigenvalue weighted by atomic mass is 32.2. The molecule has 1 saturated carbocycles. The third kappa shape index (κ3) is 4.78. The number of benzene rings is 2. The lowest BCUT2D eigenvalue weighted by atomic mass is 9.77. The Bertz CT molecular complexity index is 861. The molecular weight excluding hydrogens is 380 g/mol. The van der Waals surface area contributed by atoms with E-state index in [0.717, 1.165) is 11.5 Å². The number of carbonyl (C=O) groups is 1. The van der Waals surface area contributed by atoms with Crippen LogP contribution in [0.25, 0.3) is 0 Å². The lowest BCUT2D eigenvalue weighted by Crippen LogP contribution is -2.36. The van der Waals surface area contributed by atoms with E-state index in [2.05, 4.69) is 35.8 Å². The Morgan fingerprint density at radius 3 is 2.52 bits per heavy atom. The summed E-state index contributed by atoms with van der Waals surface area (Å²) in [6.07, 6.45) is 6.57. The minimum Gasteiger partial charge on any atom is -0.457 e. The van der Waals surface area contributed by atoms with Crippen LogP contribution in [0.15, 0.2) is 53.4 Å². The summed E-state index contributed by atoms with van der Waals surface area (Å²) >= 11 is 2.00. The van der Waals surface area contributed by atoms with Crippen LogP contribution in [-0.2, 0) is 0 Å². The second-order valence-corrected chi connectivity index (χ2v) is 10.3. The van der Waals surface area contributed by atoms with Gasteiger partial charge in [0.15, 0.2) is 0 Å². The Labute approximate surface area is 177 Å². The lowest BCUT2D eigenvalue weighted by Gasteiger charge is -2.35. The number of carbonyl (C=O) groups excluding carboxylic acids is 1. The first kappa shape index (κ1) is 20.3. The fraction of sp³-hybridized carbons (Fsp3) is 0.458. The van der Waals surface area contributed by atoms with Gasteiger partial charge in [-0.2, -0.15) is 0 Å². The van der Waals surface area contributed by atoms with Gasteiger partial charge in [0.05, 0.1) is 0 Å². The van der Waals surface area contributed by atoms with Crippen molar-refractivity contribution in [3.63, 3.8) is 0 Å². The molecule has 154 valence electrons. The molecule has 2 aliphatic rings. The van der Waals surface area contributed by atoms with Gasteiger partial charge in [-0.3, -0.25) is 4.79 Å². The summed E-state index contributed by atoms with van der Waals surface area (Å²) in [6.45, 7) is 4.77. The quantitative estimate of drug-likeness (QED) is 0.707. The van der Waals surface area contributed by atoms with Crippen LogP contribution in [0.4, 0.5) is 0 Å². The van der Waals surface area contributed by atoms with Gasteiger partial charge >= 0.3 is 0 Å². The van der Waals surface area contributed by atoms with Gasteiger partial charge in [-0.05, 0) is 93.1 Å². The van der Waals surface area contributed by atoms with Gasteiger partial charge in [0.2, 0.25) is 0 Å². The third-order valence-corrected chi connectivity index (χ3v) is 7.68. The molecule has 2 N–H and O–H groups in total. The third-order valence-electron chi connectivity index (χ3n) is 6.35. The zero-order chi connectivity index (χ0) is 20.3. The molecule has 4 rings (SSSR count). The SMILES string of the molecule is CNC(=O)c1ccc(Oc2cccc(SC3(C)CCC4(CCNCC4)C3)c2)cc1. The number of amides is 1. The Hall–Kier alpha value is -1.98. The van der Waals surface area contributed by atoms with Crippen molar-refractivity contribution in [3.8, 4) is 11.5 Å². The van der Waals surface area contributed by atoms with Crippen LogP contribution in [0.2, 0.25) is 0 Å². The first-order chi connectivity index (χ1) is 14.0. The molecule has 2 aromatic carbocycles. The van der Waals surface area contributed by atoms with Gasteiger partial charge in [-0.15, -0.1) is 11.8 Å². The van der Waals surface area contributed by atoms with Crippen molar-refractivity contribution in [1.82, 2.24) is 10.6 Å². The summed E-state index contributed by atoms with van der Waals surface area (Å²) in [4.78, 5) is 12.9. The van der Waals surface area contributed by atoms with Crippen molar-refractivity contribution in [2.45, 2.75) is 48.7 Å². The molecule has 4 nitrogen and oxygen atoms in total. The molecule has 0 radical (unpaired) electrons. The second kappa shape index (κ2) is 8.41. The number of hydrogen-bond acceptors (Lipinski definition) is 4. The van der Waals surface area contributed by atoms with E-state index in [9.17, 15) is 4.79 Å². The van der Waals surface area contributed by atoms with Crippen LogP contribution < -0.4 is 15.4 Å². The van der Waals surface area contributed by atoms with Gasteiger partial charge in [-0.1, -0.05) is 13.0 Å². The Morgan fingerprint density at radius 2 is 1.79 bits per heavy atom. The Kier molecular flexibility index (Phi) is 5.88. The van der Waals surface area contributed by atoms with Gasteiger partial charge in [0.1, 0.15) is 11.5 Å². The van der Waals surface area contributed by atoms with Crippen LogP contribution in [0.3, 0.4) is 0 Å². The van der Waals surface area contributed by atoms with Crippen LogP contribution >= 0.6 is 11.8 Å². The average Bonchev–Trinajstić information content (AvgIpc) is 3.04. The first-order valence-corrected chi connectivity index (χ1v) is 11.3. The molecule has 1 aliphatic heterocycles. The molecule has 1 heterocycles. The molecule has 2 aromatic rings. The molecule has 1 amide bonds. The molecule has 1 saturated heterocycles. The molecule has 1 atom stereocenters. The number of hydrogen-bond donors (Lipinski definition) is 2. The van der Waals surface area contributed by atoms with E-state index in [4.69, 9.17) is 4.74 Å². The molecule has 1 aliphatic carbocycles. The second-order valence-electron chi connectivity index (χ2n) is 8.66. The maximum atomic E-state index is 11.7. The van der Waals surface area contributed by atoms with Crippen molar-refractivity contribution in [2.24, 2.45) is 5.41 Å². The summed E-state index contributed by atoms with van der Waals surface area (Å²) in [7, 11) is 1.63. The van der Waals surface area contributed by atoms with Crippen LogP contribution in [0.1, 0.15) is 49.4 Å². The molecule has 0 aromatic heterocycles. The summed E-state index contributed by atoms with van der Waals surface area (Å²) in [5.41, 5.74) is 1.18. The van der Waals surface area contributed by atoms with Crippen molar-refractivity contribution in [3.05, 3.63) is 54.1 Å². The summed E-state index contributed by atoms with van der Waals surface area (Å²) in [5.74, 6) is 1.48. The fourth-order valence-corrected chi connectivity index (χ4v) is 6.28. The van der Waals surface area contributed by atoms with Crippen molar-refractivity contribution < 1.29 is 9.53 Å². The minimum absolute atomic E-state index is 0.0914. The van der Waals surface area contributed by atoms with Gasteiger partial charge in [-0.25, -0.2) is 0 Å². The molecule has 1 unspecified atom stereocenters. The highest BCUT2D eigenvalue weighted by Gasteiger charge is 2.46. The van der Waals surface area contributed by atoms with Crippen LogP contribution in [-0.4, -0.2) is 30.8 Å². The predicted octanol–water partition coefficient (Wildman–Crippen LogP) is 5.24. The zero-order valence-electron chi connectivity index (χ0n) is 17.3. The molecule has 0 bridgehead atoms. The normalized spacial score (nSPS) is 23.1. The molecule has 5 heteroatoms. The van der Waals surface area contributed by atoms with E-state index >= 15 is 0 Å². The van der Waals surface area contributed by atoms with Crippen LogP contribution in [0, 0.1) is 5.41 Å². The number of piperidine rings is 1. The molecular formula is C24H30N2O2S. The van der Waals surface area contributed by atoms with Crippen LogP contribution in [0.5, 0.6) is 11.5 Å². The van der Waals surface area contributed by atoms with E-state index in [0.29, 0.717) is 15.7 Å². The number of ether oxygens (including phenoxy) is 1. The topological polar surface area (TPSA) is 50.4 Å². The van der Waals surface area contributed by atoms with Crippen molar-refractivity contribution >= 4 is 17.7 Å². The summed E-state index contributed by atoms with van der Waals surface area (Å²) < 4.78 is 6.34. The van der Waals surface area contributed by atoms with Gasteiger partial charge < -0.3 is 15.4 Å². The highest BCUT2D eigenvalue weighted by molar-refractivity contribution is 8.00. The Balaban J connectivity index is 1.42. The number of nitrogens with one attached hydrogen (secondary N) is 2. The Morgan fingerprint density at radius 1 is 1.03 bits per heavy atom. The monoisotopic (exact) mass is 410 g/mol. The van der Waals surface area contributed by atoms with Crippen molar-refractivity contribution in [2.75, 3.05) is 20.1 Å². The average molecular weight is 411 g/mol. The largest absolute Gasteiger partial charge is 0.457 e. The van der Waals surface area contributed by atoms with Crippen molar-refractivity contribution in [1.29, 1.82) is 0 Å². The summed E-state index contributed by atoms with van der Waals surface area (Å²) in [6, 6.07) is 15.6. The van der Waals surface area contributed by atoms with E-state index < -0.39 is 0 Å². The molecule has 2 fully saturated rings. The van der Waals surface area contributed by atoms with Gasteiger partial charge in [0, 0.05) is 22.3 Å². The van der Waals surface area contributed by atoms with E-state index in [1.54, 1.807) is 19.2 Å². The molecule has 29 heavy (non-hydrogen) atoms. The predicted molar refractivity (Wildman–Crippen MR) is 119 cm³/mol. The zero-order valence-corrected chi connectivity index (χ0v) is 18.1. The minimum atomic E-state index is -0.0914. The maximum Gasteiger partial charge on any atom is 0.251 e. The standard InChI is InChI=1S/C24H30N2O2S/c1-23(10-11-24(17-23)12-14-26-15-13-24)29-21-5-3-4-20(16-21)28-19-8-6-18(7-9-19)22(27)25-2/h3-9,16,26H,10-15,17H2,1-2H3,(H,25,27). The highest BCUT2D eigenvalue weighted by Crippen LogP contribution is 2.56. The first-order valence-electron chi connectivity index (χ1n) is 10.5. The lowest BCUT2D eigenvalue weighted by molar-refractivity contribution is 0.0963. The molecule has 1 spiro atoms. The smallest absolute Gasteiger partial charge is 0.251 e. The number of rotatable bonds is 5. The summed E-state index contributed by atoms with van der Waals surface area (Å²) in [5, 5.41) is 6.14. The van der Waals surface area contributed by atoms with E-state index in [1.807, 2.05) is 30.0 Å².